The van der Waals surface area contributed by atoms with Crippen molar-refractivity contribution in [2.45, 2.75) is 33.2 Å². The van der Waals surface area contributed by atoms with Gasteiger partial charge < -0.3 is 25.8 Å². The van der Waals surface area contributed by atoms with Crippen molar-refractivity contribution >= 4 is 17.6 Å². The zero-order valence-corrected chi connectivity index (χ0v) is 17.6. The van der Waals surface area contributed by atoms with Crippen LogP contribution in [0.4, 0.5) is 5.69 Å². The van der Waals surface area contributed by atoms with Gasteiger partial charge >= 0.3 is 0 Å². The van der Waals surface area contributed by atoms with E-state index in [4.69, 9.17) is 4.74 Å². The number of ether oxygens (including phenoxy) is 1. The van der Waals surface area contributed by atoms with Gasteiger partial charge in [0, 0.05) is 17.8 Å². The average Bonchev–Trinajstić information content (AvgIpc) is 3.56. The molecule has 7 nitrogen and oxygen atoms in total. The Kier molecular flexibility index (Phi) is 7.54. The van der Waals surface area contributed by atoms with Crippen molar-refractivity contribution in [3.05, 3.63) is 53.6 Å². The number of hydrogen-bond donors (Lipinski definition) is 4. The highest BCUT2D eigenvalue weighted by Gasteiger charge is 2.22. The number of amides is 1. The molecule has 1 amide bonds. The first kappa shape index (κ1) is 21.5. The summed E-state index contributed by atoms with van der Waals surface area (Å²) in [4.78, 5) is 16.8. The number of carbonyl (C=O) groups is 1. The molecule has 4 N–H and O–H groups in total. The third kappa shape index (κ3) is 6.99. The van der Waals surface area contributed by atoms with Crippen LogP contribution in [0.2, 0.25) is 0 Å². The molecule has 0 spiro atoms. The number of anilines is 1. The Hall–Kier alpha value is -3.22. The molecule has 0 atom stereocenters. The molecule has 7 heteroatoms. The molecule has 1 fully saturated rings. The molecule has 2 aromatic carbocycles. The number of aryl methyl sites for hydroxylation is 1. The van der Waals surface area contributed by atoms with E-state index in [2.05, 4.69) is 40.0 Å². The highest BCUT2D eigenvalue weighted by molar-refractivity contribution is 5.95. The smallest absolute Gasteiger partial charge is 0.243 e. The van der Waals surface area contributed by atoms with E-state index in [9.17, 15) is 9.90 Å². The van der Waals surface area contributed by atoms with Gasteiger partial charge in [-0.25, -0.2) is 4.99 Å². The quantitative estimate of drug-likeness (QED) is 0.289. The molecule has 0 aromatic heterocycles. The lowest BCUT2D eigenvalue weighted by Gasteiger charge is -2.14. The van der Waals surface area contributed by atoms with E-state index >= 15 is 0 Å². The maximum atomic E-state index is 12.2. The summed E-state index contributed by atoms with van der Waals surface area (Å²) in [5.74, 6) is 2.09. The molecule has 1 saturated carbocycles. The van der Waals surface area contributed by atoms with Gasteiger partial charge in [0.05, 0.1) is 19.7 Å². The minimum absolute atomic E-state index is 0.0750. The van der Waals surface area contributed by atoms with Crippen LogP contribution in [0.3, 0.4) is 0 Å². The first-order valence-corrected chi connectivity index (χ1v) is 10.4. The lowest BCUT2D eigenvalue weighted by Crippen LogP contribution is -2.41. The molecule has 2 aromatic rings. The summed E-state index contributed by atoms with van der Waals surface area (Å²) in [5.41, 5.74) is 2.80. The normalized spacial score (nSPS) is 13.6. The van der Waals surface area contributed by atoms with Crippen LogP contribution in [-0.2, 0) is 11.3 Å². The summed E-state index contributed by atoms with van der Waals surface area (Å²) in [6.45, 7) is 6.00. The molecular formula is C23H30N4O3. The van der Waals surface area contributed by atoms with Crippen LogP contribution in [0.1, 0.15) is 30.9 Å². The van der Waals surface area contributed by atoms with Gasteiger partial charge in [0.15, 0.2) is 5.96 Å². The number of guanidine groups is 1. The van der Waals surface area contributed by atoms with E-state index in [1.165, 1.54) is 25.0 Å². The van der Waals surface area contributed by atoms with Crippen LogP contribution >= 0.6 is 0 Å². The van der Waals surface area contributed by atoms with Crippen LogP contribution in [0, 0.1) is 12.8 Å². The van der Waals surface area contributed by atoms with Crippen molar-refractivity contribution in [3.63, 3.8) is 0 Å². The fourth-order valence-electron chi connectivity index (χ4n) is 2.84. The molecule has 0 radical (unpaired) electrons. The molecule has 1 aliphatic rings. The van der Waals surface area contributed by atoms with Gasteiger partial charge in [-0.2, -0.15) is 0 Å². The molecule has 0 bridgehead atoms. The third-order valence-corrected chi connectivity index (χ3v) is 4.71. The summed E-state index contributed by atoms with van der Waals surface area (Å²) in [5, 5.41) is 18.3. The summed E-state index contributed by atoms with van der Waals surface area (Å²) in [6.07, 6.45) is 2.50. The second kappa shape index (κ2) is 10.5. The number of aromatic hydroxyl groups is 1. The fraction of sp³-hybridized carbons (Fsp3) is 0.391. The van der Waals surface area contributed by atoms with Crippen molar-refractivity contribution in [1.29, 1.82) is 0 Å². The summed E-state index contributed by atoms with van der Waals surface area (Å²) in [7, 11) is 0. The molecule has 30 heavy (non-hydrogen) atoms. The Morgan fingerprint density at radius 3 is 2.63 bits per heavy atom. The molecular weight excluding hydrogens is 380 g/mol. The van der Waals surface area contributed by atoms with Crippen LogP contribution in [0.5, 0.6) is 11.5 Å². The lowest BCUT2D eigenvalue weighted by atomic mass is 10.1. The number of rotatable bonds is 9. The van der Waals surface area contributed by atoms with Gasteiger partial charge in [0.2, 0.25) is 5.91 Å². The van der Waals surface area contributed by atoms with Crippen molar-refractivity contribution in [3.8, 4) is 11.5 Å². The fourth-order valence-corrected chi connectivity index (χ4v) is 2.84. The van der Waals surface area contributed by atoms with E-state index in [0.29, 0.717) is 30.7 Å². The second-order valence-corrected chi connectivity index (χ2v) is 7.51. The van der Waals surface area contributed by atoms with Gasteiger partial charge in [0.1, 0.15) is 11.5 Å². The highest BCUT2D eigenvalue weighted by atomic mass is 16.5. The van der Waals surface area contributed by atoms with E-state index < -0.39 is 0 Å². The Morgan fingerprint density at radius 2 is 1.93 bits per heavy atom. The Bertz CT molecular complexity index is 877. The number of benzene rings is 2. The predicted octanol–water partition coefficient (Wildman–Crippen LogP) is 3.18. The molecule has 160 valence electrons. The summed E-state index contributed by atoms with van der Waals surface area (Å²) >= 11 is 0. The second-order valence-electron chi connectivity index (χ2n) is 7.51. The molecule has 0 aliphatic heterocycles. The van der Waals surface area contributed by atoms with Crippen molar-refractivity contribution in [1.82, 2.24) is 10.6 Å². The number of carbonyl (C=O) groups excluding carboxylic acids is 1. The van der Waals surface area contributed by atoms with Crippen molar-refractivity contribution in [2.75, 3.05) is 25.0 Å². The summed E-state index contributed by atoms with van der Waals surface area (Å²) < 4.78 is 6.02. The zero-order chi connectivity index (χ0) is 21.3. The molecule has 1 aliphatic carbocycles. The number of phenolic OH excluding ortho intramolecular Hbond substituents is 1. The lowest BCUT2D eigenvalue weighted by molar-refractivity contribution is -0.115. The van der Waals surface area contributed by atoms with E-state index in [1.54, 1.807) is 12.1 Å². The molecule has 0 unspecified atom stereocenters. The number of nitrogens with zero attached hydrogens (tertiary/aromatic N) is 1. The van der Waals surface area contributed by atoms with Gasteiger partial charge in [-0.05, 0) is 68.5 Å². The Morgan fingerprint density at radius 1 is 1.17 bits per heavy atom. The monoisotopic (exact) mass is 410 g/mol. The summed E-state index contributed by atoms with van der Waals surface area (Å²) in [6, 6.07) is 12.5. The van der Waals surface area contributed by atoms with Gasteiger partial charge in [-0.15, -0.1) is 0 Å². The molecule has 0 heterocycles. The van der Waals surface area contributed by atoms with E-state index in [1.807, 2.05) is 13.0 Å². The predicted molar refractivity (Wildman–Crippen MR) is 119 cm³/mol. The number of phenols is 1. The van der Waals surface area contributed by atoms with Crippen molar-refractivity contribution < 1.29 is 14.6 Å². The maximum Gasteiger partial charge on any atom is 0.243 e. The average molecular weight is 411 g/mol. The zero-order valence-electron chi connectivity index (χ0n) is 17.6. The first-order valence-electron chi connectivity index (χ1n) is 10.4. The third-order valence-electron chi connectivity index (χ3n) is 4.71. The highest BCUT2D eigenvalue weighted by Crippen LogP contribution is 2.31. The largest absolute Gasteiger partial charge is 0.508 e. The Labute approximate surface area is 177 Å². The van der Waals surface area contributed by atoms with Crippen LogP contribution in [0.15, 0.2) is 47.5 Å². The number of aliphatic imine (C=N–C) groups is 1. The van der Waals surface area contributed by atoms with Crippen LogP contribution < -0.4 is 20.7 Å². The van der Waals surface area contributed by atoms with Crippen molar-refractivity contribution in [2.24, 2.45) is 10.9 Å². The van der Waals surface area contributed by atoms with Gasteiger partial charge in [0.25, 0.3) is 0 Å². The SMILES string of the molecule is CCNC(=NCc1ccc(C)cc1OCC1CC1)NCC(=O)Nc1ccc(O)cc1. The number of hydrogen-bond acceptors (Lipinski definition) is 4. The standard InChI is InChI=1S/C23H30N4O3/c1-3-24-23(26-14-22(29)27-19-8-10-20(28)11-9-19)25-13-18-7-4-16(2)12-21(18)30-15-17-5-6-17/h4,7-12,17,28H,3,5-6,13-15H2,1-2H3,(H,27,29)(H2,24,25,26). The van der Waals surface area contributed by atoms with E-state index in [0.717, 1.165) is 23.5 Å². The van der Waals surface area contributed by atoms with E-state index in [-0.39, 0.29) is 18.2 Å². The van der Waals surface area contributed by atoms with Crippen LogP contribution in [-0.4, -0.2) is 36.7 Å². The maximum absolute atomic E-state index is 12.2. The number of nitrogens with one attached hydrogen (secondary N) is 3. The minimum atomic E-state index is -0.199. The molecule has 0 saturated heterocycles. The first-order chi connectivity index (χ1) is 14.5. The van der Waals surface area contributed by atoms with Gasteiger partial charge in [-0.1, -0.05) is 12.1 Å². The van der Waals surface area contributed by atoms with Crippen LogP contribution in [0.25, 0.3) is 0 Å². The Balaban J connectivity index is 1.57. The minimum Gasteiger partial charge on any atom is -0.508 e. The topological polar surface area (TPSA) is 95.0 Å². The van der Waals surface area contributed by atoms with Gasteiger partial charge in [-0.3, -0.25) is 4.79 Å². The molecule has 3 rings (SSSR count).